The minimum absolute atomic E-state index is 0.287. The minimum atomic E-state index is 0.287. The molecule has 0 unspecified atom stereocenters. The lowest BCUT2D eigenvalue weighted by atomic mass is 9.77. The van der Waals surface area contributed by atoms with Gasteiger partial charge < -0.3 is 4.90 Å². The van der Waals surface area contributed by atoms with Gasteiger partial charge in [-0.05, 0) is 57.3 Å². The van der Waals surface area contributed by atoms with Crippen molar-refractivity contribution in [2.45, 2.75) is 58.5 Å². The number of likely N-dealkylation sites (tertiary alicyclic amines) is 3. The van der Waals surface area contributed by atoms with E-state index in [1.54, 1.807) is 0 Å². The maximum atomic E-state index is 12.5. The smallest absolute Gasteiger partial charge is 0.228 e. The molecule has 3 saturated heterocycles. The highest BCUT2D eigenvalue weighted by molar-refractivity contribution is 5.81. The Kier molecular flexibility index (Phi) is 4.63. The number of amides is 1. The molecule has 3 aliphatic heterocycles. The van der Waals surface area contributed by atoms with Crippen molar-refractivity contribution >= 4 is 5.91 Å². The number of hydrogen-bond donors (Lipinski definition) is 0. The Hall–Kier alpha value is -0.610. The molecule has 136 valence electrons. The summed E-state index contributed by atoms with van der Waals surface area (Å²) in [5.74, 6) is 3.31. The molecule has 4 heteroatoms. The van der Waals surface area contributed by atoms with E-state index in [-0.39, 0.29) is 5.92 Å². The topological polar surface area (TPSA) is 26.8 Å². The van der Waals surface area contributed by atoms with E-state index in [2.05, 4.69) is 35.5 Å². The van der Waals surface area contributed by atoms with Crippen LogP contribution in [0.1, 0.15) is 46.5 Å². The number of hydrogen-bond acceptors (Lipinski definition) is 3. The standard InChI is InChI=1S/C20H35N3O/c1-14(2)21-12-18(13-21)20(24)23-10-17(11-23)16-8-22(9-16)19-6-4-15(3)5-7-19/h14-19H,4-13H2,1-3H3. The zero-order chi connectivity index (χ0) is 16.8. The van der Waals surface area contributed by atoms with E-state index < -0.39 is 0 Å². The van der Waals surface area contributed by atoms with Crippen LogP contribution in [0.3, 0.4) is 0 Å². The third kappa shape index (κ3) is 3.12. The first-order chi connectivity index (χ1) is 11.5. The predicted molar refractivity (Wildman–Crippen MR) is 96.8 cm³/mol. The molecule has 1 aliphatic carbocycles. The molecule has 0 bridgehead atoms. The molecule has 0 N–H and O–H groups in total. The van der Waals surface area contributed by atoms with E-state index in [1.807, 2.05) is 0 Å². The second kappa shape index (κ2) is 6.60. The Morgan fingerprint density at radius 3 is 2.04 bits per heavy atom. The van der Waals surface area contributed by atoms with Crippen LogP contribution in [-0.4, -0.2) is 72.0 Å². The molecule has 1 saturated carbocycles. The fraction of sp³-hybridized carbons (Fsp3) is 0.950. The van der Waals surface area contributed by atoms with Gasteiger partial charge in [0.1, 0.15) is 0 Å². The van der Waals surface area contributed by atoms with Crippen LogP contribution in [0.5, 0.6) is 0 Å². The zero-order valence-corrected chi connectivity index (χ0v) is 15.8. The highest BCUT2D eigenvalue weighted by atomic mass is 16.2. The first-order valence-corrected chi connectivity index (χ1v) is 10.3. The summed E-state index contributed by atoms with van der Waals surface area (Å²) >= 11 is 0. The van der Waals surface area contributed by atoms with Gasteiger partial charge in [-0.15, -0.1) is 0 Å². The van der Waals surface area contributed by atoms with E-state index >= 15 is 0 Å². The van der Waals surface area contributed by atoms with Crippen LogP contribution in [-0.2, 0) is 4.79 Å². The van der Waals surface area contributed by atoms with Gasteiger partial charge in [0.25, 0.3) is 0 Å². The Morgan fingerprint density at radius 2 is 1.46 bits per heavy atom. The Labute approximate surface area is 147 Å². The fourth-order valence-corrected chi connectivity index (χ4v) is 5.09. The van der Waals surface area contributed by atoms with Gasteiger partial charge in [-0.1, -0.05) is 6.92 Å². The van der Waals surface area contributed by atoms with E-state index in [9.17, 15) is 4.79 Å². The largest absolute Gasteiger partial charge is 0.342 e. The number of rotatable bonds is 4. The molecule has 4 fully saturated rings. The first kappa shape index (κ1) is 16.8. The van der Waals surface area contributed by atoms with E-state index in [4.69, 9.17) is 0 Å². The van der Waals surface area contributed by atoms with E-state index in [0.29, 0.717) is 11.9 Å². The van der Waals surface area contributed by atoms with Crippen molar-refractivity contribution in [2.24, 2.45) is 23.7 Å². The summed E-state index contributed by atoms with van der Waals surface area (Å²) < 4.78 is 0. The van der Waals surface area contributed by atoms with Crippen molar-refractivity contribution < 1.29 is 4.79 Å². The summed E-state index contributed by atoms with van der Waals surface area (Å²) in [5, 5.41) is 0. The fourth-order valence-electron chi connectivity index (χ4n) is 5.09. The van der Waals surface area contributed by atoms with Gasteiger partial charge in [0, 0.05) is 51.4 Å². The van der Waals surface area contributed by atoms with Crippen molar-refractivity contribution in [3.05, 3.63) is 0 Å². The van der Waals surface area contributed by atoms with Crippen molar-refractivity contribution in [3.63, 3.8) is 0 Å². The van der Waals surface area contributed by atoms with Gasteiger partial charge in [0.2, 0.25) is 5.91 Å². The molecule has 3 heterocycles. The van der Waals surface area contributed by atoms with Crippen molar-refractivity contribution in [1.29, 1.82) is 0 Å². The molecular weight excluding hydrogens is 298 g/mol. The van der Waals surface area contributed by atoms with Crippen molar-refractivity contribution in [2.75, 3.05) is 39.3 Å². The van der Waals surface area contributed by atoms with Crippen LogP contribution in [0, 0.1) is 23.7 Å². The van der Waals surface area contributed by atoms with Gasteiger partial charge >= 0.3 is 0 Å². The van der Waals surface area contributed by atoms with Gasteiger partial charge in [-0.2, -0.15) is 0 Å². The van der Waals surface area contributed by atoms with Crippen molar-refractivity contribution in [3.8, 4) is 0 Å². The molecule has 0 atom stereocenters. The third-order valence-corrected chi connectivity index (χ3v) is 7.32. The van der Waals surface area contributed by atoms with Crippen LogP contribution in [0.25, 0.3) is 0 Å². The second-order valence-electron chi connectivity index (χ2n) is 9.38. The van der Waals surface area contributed by atoms with Gasteiger partial charge in [0.05, 0.1) is 5.92 Å². The number of carbonyl (C=O) groups is 1. The molecule has 0 aromatic heterocycles. The Morgan fingerprint density at radius 1 is 0.875 bits per heavy atom. The monoisotopic (exact) mass is 333 g/mol. The van der Waals surface area contributed by atoms with Gasteiger partial charge in [-0.3, -0.25) is 14.6 Å². The number of nitrogens with zero attached hydrogens (tertiary/aromatic N) is 3. The van der Waals surface area contributed by atoms with Gasteiger partial charge in [0.15, 0.2) is 0 Å². The van der Waals surface area contributed by atoms with Gasteiger partial charge in [-0.25, -0.2) is 0 Å². The highest BCUT2D eigenvalue weighted by Crippen LogP contribution is 2.37. The molecule has 24 heavy (non-hydrogen) atoms. The molecular formula is C20H35N3O. The maximum Gasteiger partial charge on any atom is 0.228 e. The minimum Gasteiger partial charge on any atom is -0.342 e. The summed E-state index contributed by atoms with van der Waals surface area (Å²) in [6, 6.07) is 1.45. The molecule has 4 nitrogen and oxygen atoms in total. The van der Waals surface area contributed by atoms with Crippen LogP contribution in [0.4, 0.5) is 0 Å². The molecule has 1 amide bonds. The van der Waals surface area contributed by atoms with E-state index in [0.717, 1.165) is 50.0 Å². The lowest BCUT2D eigenvalue weighted by molar-refractivity contribution is -0.152. The molecule has 0 aromatic carbocycles. The molecule has 0 aromatic rings. The first-order valence-electron chi connectivity index (χ1n) is 10.3. The van der Waals surface area contributed by atoms with E-state index in [1.165, 1.54) is 38.8 Å². The summed E-state index contributed by atoms with van der Waals surface area (Å²) in [6.45, 7) is 13.5. The van der Waals surface area contributed by atoms with Crippen LogP contribution < -0.4 is 0 Å². The van der Waals surface area contributed by atoms with Crippen LogP contribution >= 0.6 is 0 Å². The predicted octanol–water partition coefficient (Wildman–Crippen LogP) is 2.30. The molecule has 0 spiro atoms. The van der Waals surface area contributed by atoms with Crippen LogP contribution in [0.2, 0.25) is 0 Å². The van der Waals surface area contributed by atoms with Crippen molar-refractivity contribution in [1.82, 2.24) is 14.7 Å². The number of carbonyl (C=O) groups excluding carboxylic acids is 1. The average Bonchev–Trinajstić information content (AvgIpc) is 2.39. The zero-order valence-electron chi connectivity index (χ0n) is 15.8. The molecule has 0 radical (unpaired) electrons. The summed E-state index contributed by atoms with van der Waals surface area (Å²) in [7, 11) is 0. The third-order valence-electron chi connectivity index (χ3n) is 7.32. The summed E-state index contributed by atoms with van der Waals surface area (Å²) in [4.78, 5) is 19.7. The quantitative estimate of drug-likeness (QED) is 0.790. The summed E-state index contributed by atoms with van der Waals surface area (Å²) in [6.07, 6.45) is 5.67. The lowest BCUT2D eigenvalue weighted by Crippen LogP contribution is -2.65. The Bertz CT molecular complexity index is 454. The highest BCUT2D eigenvalue weighted by Gasteiger charge is 2.46. The average molecular weight is 334 g/mol. The second-order valence-corrected chi connectivity index (χ2v) is 9.38. The normalized spacial score (nSPS) is 34.1. The maximum absolute atomic E-state index is 12.5. The molecule has 4 aliphatic rings. The SMILES string of the molecule is CC1CCC(N2CC(C3CN(C(=O)C4CN(C(C)C)C4)C3)C2)CC1. The van der Waals surface area contributed by atoms with Crippen LogP contribution in [0.15, 0.2) is 0 Å². The molecule has 4 rings (SSSR count). The summed E-state index contributed by atoms with van der Waals surface area (Å²) in [5.41, 5.74) is 0. The Balaban J connectivity index is 1.14. The lowest BCUT2D eigenvalue weighted by Gasteiger charge is -2.54.